The third-order valence-corrected chi connectivity index (χ3v) is 3.52. The Morgan fingerprint density at radius 1 is 1.35 bits per heavy atom. The summed E-state index contributed by atoms with van der Waals surface area (Å²) in [7, 11) is 0. The molecule has 3 aromatic rings. The first-order chi connectivity index (χ1) is 8.38. The molecule has 17 heavy (non-hydrogen) atoms. The number of aromatic nitrogens is 2. The van der Waals surface area contributed by atoms with E-state index in [1.807, 2.05) is 18.3 Å². The lowest BCUT2D eigenvalue weighted by atomic mass is 10.1. The Bertz CT molecular complexity index is 641. The highest BCUT2D eigenvalue weighted by molar-refractivity contribution is 7.09. The Morgan fingerprint density at radius 2 is 2.24 bits per heavy atom. The number of nitrogens with two attached hydrogens (primary N) is 1. The molecule has 0 saturated heterocycles. The predicted octanol–water partition coefficient (Wildman–Crippen LogP) is 2.25. The SMILES string of the molecule is NNCc1nc(-c2c[nH]c3ccccc23)cs1. The van der Waals surface area contributed by atoms with Gasteiger partial charge in [0.25, 0.3) is 0 Å². The van der Waals surface area contributed by atoms with Gasteiger partial charge in [0, 0.05) is 28.0 Å². The average Bonchev–Trinajstić information content (AvgIpc) is 2.95. The van der Waals surface area contributed by atoms with E-state index in [9.17, 15) is 0 Å². The van der Waals surface area contributed by atoms with Crippen LogP contribution in [0.15, 0.2) is 35.8 Å². The number of rotatable bonds is 3. The molecule has 0 fully saturated rings. The molecule has 5 heteroatoms. The molecule has 0 spiro atoms. The molecule has 0 saturated carbocycles. The summed E-state index contributed by atoms with van der Waals surface area (Å²) in [5.41, 5.74) is 5.89. The van der Waals surface area contributed by atoms with E-state index >= 15 is 0 Å². The topological polar surface area (TPSA) is 66.7 Å². The lowest BCUT2D eigenvalue weighted by Crippen LogP contribution is -2.20. The van der Waals surface area contributed by atoms with Crippen LogP contribution < -0.4 is 11.3 Å². The average molecular weight is 244 g/mol. The normalized spacial score (nSPS) is 11.1. The van der Waals surface area contributed by atoms with Crippen molar-refractivity contribution in [1.82, 2.24) is 15.4 Å². The van der Waals surface area contributed by atoms with Crippen molar-refractivity contribution in [2.24, 2.45) is 5.84 Å². The number of H-pyrrole nitrogens is 1. The zero-order valence-corrected chi connectivity index (χ0v) is 9.92. The van der Waals surface area contributed by atoms with Crippen LogP contribution in [0.25, 0.3) is 22.2 Å². The standard InChI is InChI=1S/C12H12N4S/c13-15-6-12-16-11(7-17-12)9-5-14-10-4-2-1-3-8(9)10/h1-5,7,14-15H,6,13H2. The van der Waals surface area contributed by atoms with Crippen molar-refractivity contribution in [3.63, 3.8) is 0 Å². The quantitative estimate of drug-likeness (QED) is 0.489. The Balaban J connectivity index is 2.07. The fraction of sp³-hybridized carbons (Fsp3) is 0.0833. The minimum Gasteiger partial charge on any atom is -0.360 e. The van der Waals surface area contributed by atoms with Crippen LogP contribution in [0.2, 0.25) is 0 Å². The minimum absolute atomic E-state index is 0.604. The molecule has 1 aromatic carbocycles. The van der Waals surface area contributed by atoms with Crippen LogP contribution in [0, 0.1) is 0 Å². The highest BCUT2D eigenvalue weighted by atomic mass is 32.1. The number of aromatic amines is 1. The highest BCUT2D eigenvalue weighted by Crippen LogP contribution is 2.29. The van der Waals surface area contributed by atoms with Gasteiger partial charge in [0.15, 0.2) is 0 Å². The van der Waals surface area contributed by atoms with Gasteiger partial charge in [-0.25, -0.2) is 4.98 Å². The molecular weight excluding hydrogens is 232 g/mol. The molecule has 2 heterocycles. The van der Waals surface area contributed by atoms with Crippen molar-refractivity contribution >= 4 is 22.2 Å². The Morgan fingerprint density at radius 3 is 3.12 bits per heavy atom. The van der Waals surface area contributed by atoms with E-state index in [1.165, 1.54) is 5.39 Å². The summed E-state index contributed by atoms with van der Waals surface area (Å²) in [6.45, 7) is 0.604. The molecular formula is C12H12N4S. The van der Waals surface area contributed by atoms with E-state index in [0.717, 1.165) is 21.8 Å². The van der Waals surface area contributed by atoms with Gasteiger partial charge in [-0.05, 0) is 6.07 Å². The summed E-state index contributed by atoms with van der Waals surface area (Å²) in [6, 6.07) is 8.22. The number of hydrogen-bond donors (Lipinski definition) is 3. The number of fused-ring (bicyclic) bond motifs is 1. The van der Waals surface area contributed by atoms with Crippen LogP contribution in [0.4, 0.5) is 0 Å². The first-order valence-corrected chi connectivity index (χ1v) is 6.21. The predicted molar refractivity (Wildman–Crippen MR) is 70.4 cm³/mol. The Labute approximate surface area is 102 Å². The monoisotopic (exact) mass is 244 g/mol. The third-order valence-electron chi connectivity index (χ3n) is 2.67. The van der Waals surface area contributed by atoms with Crippen LogP contribution in [-0.2, 0) is 6.54 Å². The van der Waals surface area contributed by atoms with Gasteiger partial charge in [0.05, 0.1) is 12.2 Å². The number of hydrogen-bond acceptors (Lipinski definition) is 4. The second kappa shape index (κ2) is 4.29. The molecule has 0 aliphatic heterocycles. The van der Waals surface area contributed by atoms with E-state index in [1.54, 1.807) is 11.3 Å². The highest BCUT2D eigenvalue weighted by Gasteiger charge is 2.08. The summed E-state index contributed by atoms with van der Waals surface area (Å²) >= 11 is 1.61. The molecule has 0 radical (unpaired) electrons. The van der Waals surface area contributed by atoms with Crippen LogP contribution in [0.5, 0.6) is 0 Å². The van der Waals surface area contributed by atoms with Gasteiger partial charge >= 0.3 is 0 Å². The largest absolute Gasteiger partial charge is 0.360 e. The molecule has 4 N–H and O–H groups in total. The first kappa shape index (κ1) is 10.5. The Kier molecular flexibility index (Phi) is 2.64. The number of nitrogens with zero attached hydrogens (tertiary/aromatic N) is 1. The zero-order chi connectivity index (χ0) is 11.7. The summed E-state index contributed by atoms with van der Waals surface area (Å²) < 4.78 is 0. The van der Waals surface area contributed by atoms with Crippen LogP contribution >= 0.6 is 11.3 Å². The number of nitrogens with one attached hydrogen (secondary N) is 2. The van der Waals surface area contributed by atoms with Gasteiger partial charge in [-0.15, -0.1) is 11.3 Å². The van der Waals surface area contributed by atoms with E-state index in [2.05, 4.69) is 32.9 Å². The van der Waals surface area contributed by atoms with Crippen molar-refractivity contribution in [1.29, 1.82) is 0 Å². The summed E-state index contributed by atoms with van der Waals surface area (Å²) in [4.78, 5) is 7.80. The van der Waals surface area contributed by atoms with Crippen molar-refractivity contribution in [2.75, 3.05) is 0 Å². The second-order valence-electron chi connectivity index (χ2n) is 3.76. The number of hydrazine groups is 1. The maximum absolute atomic E-state index is 5.29. The molecule has 3 rings (SSSR count). The van der Waals surface area contributed by atoms with Gasteiger partial charge in [-0.1, -0.05) is 18.2 Å². The van der Waals surface area contributed by atoms with Gasteiger partial charge < -0.3 is 4.98 Å². The number of thiazole rings is 1. The van der Waals surface area contributed by atoms with Crippen molar-refractivity contribution in [3.05, 3.63) is 40.8 Å². The smallest absolute Gasteiger partial charge is 0.108 e. The van der Waals surface area contributed by atoms with Gasteiger partial charge in [0.1, 0.15) is 5.01 Å². The van der Waals surface area contributed by atoms with Crippen LogP contribution in [0.1, 0.15) is 5.01 Å². The minimum atomic E-state index is 0.604. The lowest BCUT2D eigenvalue weighted by Gasteiger charge is -1.94. The lowest BCUT2D eigenvalue weighted by molar-refractivity contribution is 0.737. The van der Waals surface area contributed by atoms with Crippen LogP contribution in [-0.4, -0.2) is 9.97 Å². The molecule has 2 aromatic heterocycles. The number of para-hydroxylation sites is 1. The first-order valence-electron chi connectivity index (χ1n) is 5.33. The molecule has 0 aliphatic rings. The van der Waals surface area contributed by atoms with Crippen molar-refractivity contribution in [3.8, 4) is 11.3 Å². The van der Waals surface area contributed by atoms with Gasteiger partial charge in [-0.3, -0.25) is 11.3 Å². The second-order valence-corrected chi connectivity index (χ2v) is 4.70. The van der Waals surface area contributed by atoms with E-state index in [4.69, 9.17) is 5.84 Å². The molecule has 0 aliphatic carbocycles. The summed E-state index contributed by atoms with van der Waals surface area (Å²) in [5.74, 6) is 5.29. The molecule has 0 amide bonds. The molecule has 0 atom stereocenters. The van der Waals surface area contributed by atoms with E-state index in [0.29, 0.717) is 6.54 Å². The molecule has 86 valence electrons. The summed E-state index contributed by atoms with van der Waals surface area (Å²) in [6.07, 6.45) is 2.00. The fourth-order valence-electron chi connectivity index (χ4n) is 1.89. The molecule has 0 unspecified atom stereocenters. The summed E-state index contributed by atoms with van der Waals surface area (Å²) in [5, 5.41) is 4.25. The van der Waals surface area contributed by atoms with Crippen molar-refractivity contribution in [2.45, 2.75) is 6.54 Å². The maximum Gasteiger partial charge on any atom is 0.108 e. The van der Waals surface area contributed by atoms with Crippen molar-refractivity contribution < 1.29 is 0 Å². The number of benzene rings is 1. The molecule has 4 nitrogen and oxygen atoms in total. The Hall–Kier alpha value is -1.69. The third kappa shape index (κ3) is 1.84. The van der Waals surface area contributed by atoms with E-state index < -0.39 is 0 Å². The maximum atomic E-state index is 5.29. The van der Waals surface area contributed by atoms with Gasteiger partial charge in [-0.2, -0.15) is 0 Å². The fourth-order valence-corrected chi connectivity index (χ4v) is 2.63. The van der Waals surface area contributed by atoms with Crippen LogP contribution in [0.3, 0.4) is 0 Å². The molecule has 0 bridgehead atoms. The van der Waals surface area contributed by atoms with Gasteiger partial charge in [0.2, 0.25) is 0 Å². The van der Waals surface area contributed by atoms with E-state index in [-0.39, 0.29) is 0 Å². The zero-order valence-electron chi connectivity index (χ0n) is 9.10.